The molecule has 0 spiro atoms. The van der Waals surface area contributed by atoms with E-state index in [0.717, 1.165) is 19.3 Å². The summed E-state index contributed by atoms with van der Waals surface area (Å²) in [6, 6.07) is 5.35. The minimum atomic E-state index is -2.03. The highest BCUT2D eigenvalue weighted by molar-refractivity contribution is 6.32. The molecule has 0 heterocycles. The predicted molar refractivity (Wildman–Crippen MR) is 116 cm³/mol. The smallest absolute Gasteiger partial charge is 0.372 e. The SMILES string of the molecule is CCCCCNC(=O)C(Cc1ccc(OC(C(=O)O)C(=O)O)cc1)NCCCC(=O)C(=O)O. The zero-order valence-corrected chi connectivity index (χ0v) is 18.4. The minimum Gasteiger partial charge on any atom is -0.478 e. The Bertz CT molecular complexity index is 810. The Kier molecular flexibility index (Phi) is 12.2. The van der Waals surface area contributed by atoms with Crippen LogP contribution in [-0.2, 0) is 30.4 Å². The molecule has 0 aliphatic rings. The van der Waals surface area contributed by atoms with Gasteiger partial charge in [-0.3, -0.25) is 9.59 Å². The van der Waals surface area contributed by atoms with Gasteiger partial charge in [0.05, 0.1) is 6.04 Å². The minimum absolute atomic E-state index is 0.0502. The number of rotatable bonds is 17. The number of nitrogens with one attached hydrogen (secondary N) is 2. The molecule has 0 aromatic heterocycles. The van der Waals surface area contributed by atoms with E-state index >= 15 is 0 Å². The molecule has 5 N–H and O–H groups in total. The number of carbonyl (C=O) groups is 5. The van der Waals surface area contributed by atoms with Gasteiger partial charge < -0.3 is 30.7 Å². The van der Waals surface area contributed by atoms with E-state index in [-0.39, 0.29) is 37.5 Å². The molecule has 1 rings (SSSR count). The lowest BCUT2D eigenvalue weighted by Gasteiger charge is -2.19. The molecule has 1 atom stereocenters. The number of ether oxygens (including phenoxy) is 1. The monoisotopic (exact) mass is 466 g/mol. The number of carboxylic acids is 3. The Labute approximate surface area is 191 Å². The van der Waals surface area contributed by atoms with Gasteiger partial charge in [0.1, 0.15) is 5.75 Å². The first-order chi connectivity index (χ1) is 15.6. The van der Waals surface area contributed by atoms with Crippen LogP contribution < -0.4 is 15.4 Å². The molecule has 0 radical (unpaired) electrons. The number of Topliss-reactive ketones (excluding diaryl/α,β-unsaturated/α-hetero) is 1. The van der Waals surface area contributed by atoms with Crippen molar-refractivity contribution in [3.05, 3.63) is 29.8 Å². The molecule has 1 amide bonds. The highest BCUT2D eigenvalue weighted by atomic mass is 16.5. The molecule has 0 saturated carbocycles. The maximum absolute atomic E-state index is 12.6. The van der Waals surface area contributed by atoms with Crippen LogP contribution in [0.3, 0.4) is 0 Å². The summed E-state index contributed by atoms with van der Waals surface area (Å²) in [5.41, 5.74) is 0.701. The molecule has 1 aromatic rings. The Balaban J connectivity index is 2.76. The third-order valence-corrected chi connectivity index (χ3v) is 4.67. The zero-order chi connectivity index (χ0) is 24.8. The highest BCUT2D eigenvalue weighted by Crippen LogP contribution is 2.16. The third kappa shape index (κ3) is 10.6. The largest absolute Gasteiger partial charge is 0.478 e. The lowest BCUT2D eigenvalue weighted by atomic mass is 10.0. The van der Waals surface area contributed by atoms with Crippen LogP contribution in [-0.4, -0.2) is 70.2 Å². The number of aliphatic carboxylic acids is 3. The molecule has 11 nitrogen and oxygen atoms in total. The van der Waals surface area contributed by atoms with Crippen LogP contribution in [0.1, 0.15) is 44.6 Å². The molecule has 33 heavy (non-hydrogen) atoms. The standard InChI is InChI=1S/C22H30N2O9/c1-2-3-4-11-24-19(26)16(23-12-5-6-17(25)20(27)28)13-14-7-9-15(10-8-14)33-18(21(29)30)22(31)32/h7-10,16,18,23H,2-6,11-13H2,1H3,(H,24,26)(H,27,28)(H,29,30)(H,31,32). The van der Waals surface area contributed by atoms with E-state index in [2.05, 4.69) is 10.6 Å². The first-order valence-corrected chi connectivity index (χ1v) is 10.6. The van der Waals surface area contributed by atoms with Crippen molar-refractivity contribution >= 4 is 29.6 Å². The van der Waals surface area contributed by atoms with Gasteiger partial charge in [0.2, 0.25) is 11.7 Å². The molecule has 182 valence electrons. The fraction of sp³-hybridized carbons (Fsp3) is 0.500. The van der Waals surface area contributed by atoms with Crippen LogP contribution in [0.2, 0.25) is 0 Å². The molecule has 0 bridgehead atoms. The molecule has 1 unspecified atom stereocenters. The average Bonchev–Trinajstić information content (AvgIpc) is 2.77. The molecule has 0 saturated heterocycles. The summed E-state index contributed by atoms with van der Waals surface area (Å²) in [5.74, 6) is -5.83. The quantitative estimate of drug-likeness (QED) is 0.125. The highest BCUT2D eigenvalue weighted by Gasteiger charge is 2.28. The van der Waals surface area contributed by atoms with Gasteiger partial charge in [-0.05, 0) is 43.5 Å². The number of benzene rings is 1. The molecule has 1 aromatic carbocycles. The van der Waals surface area contributed by atoms with Crippen molar-refractivity contribution in [2.24, 2.45) is 0 Å². The number of carboxylic acid groups (broad SMARTS) is 3. The van der Waals surface area contributed by atoms with Crippen molar-refractivity contribution in [1.29, 1.82) is 0 Å². The second kappa shape index (κ2) is 14.6. The molecule has 11 heteroatoms. The van der Waals surface area contributed by atoms with Crippen LogP contribution in [0.15, 0.2) is 24.3 Å². The van der Waals surface area contributed by atoms with E-state index in [1.165, 1.54) is 12.1 Å². The van der Waals surface area contributed by atoms with Gasteiger partial charge in [-0.25, -0.2) is 14.4 Å². The Morgan fingerprint density at radius 1 is 0.909 bits per heavy atom. The summed E-state index contributed by atoms with van der Waals surface area (Å²) < 4.78 is 4.97. The van der Waals surface area contributed by atoms with Gasteiger partial charge in [0, 0.05) is 13.0 Å². The second-order valence-corrected chi connectivity index (χ2v) is 7.36. The zero-order valence-electron chi connectivity index (χ0n) is 18.4. The summed E-state index contributed by atoms with van der Waals surface area (Å²) in [5, 5.41) is 32.3. The summed E-state index contributed by atoms with van der Waals surface area (Å²) in [6.45, 7) is 2.82. The topological polar surface area (TPSA) is 179 Å². The van der Waals surface area contributed by atoms with Crippen LogP contribution in [0, 0.1) is 0 Å². The van der Waals surface area contributed by atoms with Gasteiger partial charge in [-0.15, -0.1) is 0 Å². The van der Waals surface area contributed by atoms with Gasteiger partial charge in [0.15, 0.2) is 0 Å². The van der Waals surface area contributed by atoms with Gasteiger partial charge >= 0.3 is 17.9 Å². The van der Waals surface area contributed by atoms with Crippen LogP contribution in [0.5, 0.6) is 5.75 Å². The van der Waals surface area contributed by atoms with Crippen molar-refractivity contribution < 1.29 is 44.0 Å². The maximum atomic E-state index is 12.6. The van der Waals surface area contributed by atoms with Crippen molar-refractivity contribution in [1.82, 2.24) is 10.6 Å². The molecule has 0 aliphatic heterocycles. The van der Waals surface area contributed by atoms with Crippen molar-refractivity contribution in [3.63, 3.8) is 0 Å². The summed E-state index contributed by atoms with van der Waals surface area (Å²) in [6.07, 6.45) is 1.15. The van der Waals surface area contributed by atoms with E-state index in [4.69, 9.17) is 20.1 Å². The first-order valence-electron chi connectivity index (χ1n) is 10.6. The Hall–Kier alpha value is -3.47. The number of carbonyl (C=O) groups excluding carboxylic acids is 2. The first kappa shape index (κ1) is 27.6. The molecular formula is C22H30N2O9. The average molecular weight is 466 g/mol. The van der Waals surface area contributed by atoms with Gasteiger partial charge in [-0.1, -0.05) is 31.9 Å². The lowest BCUT2D eigenvalue weighted by molar-refractivity contribution is -0.159. The fourth-order valence-corrected chi connectivity index (χ4v) is 2.88. The van der Waals surface area contributed by atoms with Gasteiger partial charge in [-0.2, -0.15) is 0 Å². The fourth-order valence-electron chi connectivity index (χ4n) is 2.88. The molecule has 0 aliphatic carbocycles. The maximum Gasteiger partial charge on any atom is 0.372 e. The van der Waals surface area contributed by atoms with Gasteiger partial charge in [0.25, 0.3) is 6.10 Å². The normalized spacial score (nSPS) is 11.6. The second-order valence-electron chi connectivity index (χ2n) is 7.36. The van der Waals surface area contributed by atoms with Crippen LogP contribution in [0.4, 0.5) is 0 Å². The number of ketones is 1. The number of hydrogen-bond donors (Lipinski definition) is 5. The summed E-state index contributed by atoms with van der Waals surface area (Å²) >= 11 is 0. The molecule has 0 fully saturated rings. The van der Waals surface area contributed by atoms with E-state index in [1.54, 1.807) is 12.1 Å². The predicted octanol–water partition coefficient (Wildman–Crippen LogP) is 0.844. The van der Waals surface area contributed by atoms with E-state index in [1.807, 2.05) is 6.92 Å². The number of unbranched alkanes of at least 4 members (excludes halogenated alkanes) is 2. The number of hydrogen-bond acceptors (Lipinski definition) is 7. The van der Waals surface area contributed by atoms with Crippen LogP contribution in [0.25, 0.3) is 0 Å². The Morgan fingerprint density at radius 2 is 1.55 bits per heavy atom. The third-order valence-electron chi connectivity index (χ3n) is 4.67. The van der Waals surface area contributed by atoms with E-state index in [9.17, 15) is 24.0 Å². The van der Waals surface area contributed by atoms with E-state index < -0.39 is 35.8 Å². The van der Waals surface area contributed by atoms with Crippen molar-refractivity contribution in [2.45, 2.75) is 57.6 Å². The van der Waals surface area contributed by atoms with E-state index in [0.29, 0.717) is 12.1 Å². The Morgan fingerprint density at radius 3 is 2.09 bits per heavy atom. The lowest BCUT2D eigenvalue weighted by Crippen LogP contribution is -2.46. The van der Waals surface area contributed by atoms with Crippen molar-refractivity contribution in [3.8, 4) is 5.75 Å². The van der Waals surface area contributed by atoms with Crippen molar-refractivity contribution in [2.75, 3.05) is 13.1 Å². The van der Waals surface area contributed by atoms with Crippen LogP contribution >= 0.6 is 0 Å². The summed E-state index contributed by atoms with van der Waals surface area (Å²) in [7, 11) is 0. The number of amides is 1. The molecular weight excluding hydrogens is 436 g/mol. The summed E-state index contributed by atoms with van der Waals surface area (Å²) in [4.78, 5) is 56.3.